The zero-order valence-corrected chi connectivity index (χ0v) is 43.9. The summed E-state index contributed by atoms with van der Waals surface area (Å²) in [5, 5.41) is 11.7. The molecular formula is C59H99NO8. The largest absolute Gasteiger partial charge is 0.545 e. The highest BCUT2D eigenvalue weighted by atomic mass is 16.7. The van der Waals surface area contributed by atoms with Gasteiger partial charge in [-0.25, -0.2) is 0 Å². The van der Waals surface area contributed by atoms with Crippen molar-refractivity contribution < 1.29 is 42.9 Å². The Labute approximate surface area is 416 Å². The van der Waals surface area contributed by atoms with Crippen LogP contribution in [0.15, 0.2) is 97.2 Å². The molecule has 0 radical (unpaired) electrons. The Morgan fingerprint density at radius 1 is 0.456 bits per heavy atom. The SMILES string of the molecule is CC/C=C\C/C=C\C/C=C\C/C=C\C/C=C\C/C=C\C/C=C\CCCCCCCCCCCC(=O)OC(COC(=O)CCCCCCC/C=C\CCCCC)COC(OCC[N+](C)(C)C)C(=O)[O-]. The van der Waals surface area contributed by atoms with E-state index in [0.717, 1.165) is 109 Å². The highest BCUT2D eigenvalue weighted by Gasteiger charge is 2.22. The molecule has 68 heavy (non-hydrogen) atoms. The highest BCUT2D eigenvalue weighted by molar-refractivity contribution is 5.70. The van der Waals surface area contributed by atoms with Gasteiger partial charge in [0.25, 0.3) is 0 Å². The lowest BCUT2D eigenvalue weighted by molar-refractivity contribution is -0.870. The minimum Gasteiger partial charge on any atom is -0.545 e. The number of esters is 2. The summed E-state index contributed by atoms with van der Waals surface area (Å²) < 4.78 is 22.6. The minimum atomic E-state index is -1.63. The smallest absolute Gasteiger partial charge is 0.306 e. The number of carbonyl (C=O) groups is 3. The second-order valence-corrected chi connectivity index (χ2v) is 18.8. The Kier molecular flexibility index (Phi) is 46.9. The van der Waals surface area contributed by atoms with Crippen molar-refractivity contribution in [2.24, 2.45) is 0 Å². The number of hydrogen-bond donors (Lipinski definition) is 0. The summed E-state index contributed by atoms with van der Waals surface area (Å²) in [6.07, 6.45) is 63.1. The average Bonchev–Trinajstić information content (AvgIpc) is 3.30. The van der Waals surface area contributed by atoms with E-state index in [2.05, 4.69) is 111 Å². The van der Waals surface area contributed by atoms with Crippen LogP contribution < -0.4 is 5.11 Å². The number of allylic oxidation sites excluding steroid dienone is 16. The lowest BCUT2D eigenvalue weighted by Crippen LogP contribution is -2.44. The maximum atomic E-state index is 12.8. The molecule has 0 saturated carbocycles. The molecule has 9 heteroatoms. The highest BCUT2D eigenvalue weighted by Crippen LogP contribution is 2.14. The molecule has 0 aromatic carbocycles. The zero-order valence-electron chi connectivity index (χ0n) is 43.9. The molecule has 388 valence electrons. The fourth-order valence-corrected chi connectivity index (χ4v) is 6.92. The summed E-state index contributed by atoms with van der Waals surface area (Å²) in [7, 11) is 5.90. The molecule has 2 atom stereocenters. The van der Waals surface area contributed by atoms with Crippen LogP contribution in [0, 0.1) is 0 Å². The molecule has 2 unspecified atom stereocenters. The molecule has 0 aliphatic carbocycles. The number of nitrogens with zero attached hydrogens (tertiary/aromatic N) is 1. The van der Waals surface area contributed by atoms with Crippen LogP contribution in [0.25, 0.3) is 0 Å². The number of carbonyl (C=O) groups excluding carboxylic acids is 3. The first-order valence-electron chi connectivity index (χ1n) is 26.9. The van der Waals surface area contributed by atoms with E-state index in [9.17, 15) is 19.5 Å². The van der Waals surface area contributed by atoms with E-state index in [1.54, 1.807) is 0 Å². The lowest BCUT2D eigenvalue weighted by atomic mass is 10.1. The van der Waals surface area contributed by atoms with Gasteiger partial charge in [0.05, 0.1) is 40.3 Å². The van der Waals surface area contributed by atoms with Crippen molar-refractivity contribution >= 4 is 17.9 Å². The van der Waals surface area contributed by atoms with E-state index in [0.29, 0.717) is 17.4 Å². The summed E-state index contributed by atoms with van der Waals surface area (Å²) in [4.78, 5) is 37.1. The Balaban J connectivity index is 4.25. The normalized spacial score (nSPS) is 13.6. The average molecular weight is 950 g/mol. The molecular weight excluding hydrogens is 851 g/mol. The molecule has 0 heterocycles. The molecule has 9 nitrogen and oxygen atoms in total. The Bertz CT molecular complexity index is 1430. The fraction of sp³-hybridized carbons (Fsp3) is 0.678. The molecule has 0 fully saturated rings. The number of unbranched alkanes of at least 4 members (excludes halogenated alkanes) is 17. The van der Waals surface area contributed by atoms with Crippen molar-refractivity contribution in [2.75, 3.05) is 47.5 Å². The third-order valence-corrected chi connectivity index (χ3v) is 11.1. The van der Waals surface area contributed by atoms with E-state index >= 15 is 0 Å². The Morgan fingerprint density at radius 3 is 1.26 bits per heavy atom. The number of carboxylic acid groups (broad SMARTS) is 1. The summed E-state index contributed by atoms with van der Waals surface area (Å²) in [6.45, 7) is 4.57. The first-order valence-corrected chi connectivity index (χ1v) is 26.9. The predicted octanol–water partition coefficient (Wildman–Crippen LogP) is 14.1. The van der Waals surface area contributed by atoms with Crippen LogP contribution in [0.2, 0.25) is 0 Å². The maximum absolute atomic E-state index is 12.8. The van der Waals surface area contributed by atoms with E-state index in [-0.39, 0.29) is 38.6 Å². The molecule has 0 aliphatic heterocycles. The first-order chi connectivity index (χ1) is 33.1. The number of likely N-dealkylation sites (N-methyl/N-ethyl adjacent to an activating group) is 1. The van der Waals surface area contributed by atoms with Gasteiger partial charge in [0, 0.05) is 12.8 Å². The molecule has 0 rings (SSSR count). The van der Waals surface area contributed by atoms with E-state index < -0.39 is 24.3 Å². The standard InChI is InChI=1S/C59H99NO8/c1-6-8-10-12-14-16-18-20-21-22-23-24-25-26-27-28-29-30-31-32-33-34-35-36-37-38-40-42-44-46-48-50-57(62)68-55(54-67-59(58(63)64)65-52-51-60(3,4)5)53-66-56(61)49-47-45-43-41-39-19-17-15-13-11-9-7-2/h8,10,14-17,20-21,23-24,26-27,29-30,32-33,55,59H,6-7,9,11-13,18-19,22,25,28,31,34-54H2,1-5H3/b10-8-,16-14-,17-15-,21-20-,24-23-,27-26-,30-29-,33-32-. The number of ether oxygens (including phenoxy) is 4. The molecule has 0 bridgehead atoms. The fourth-order valence-electron chi connectivity index (χ4n) is 6.92. The monoisotopic (exact) mass is 950 g/mol. The second-order valence-electron chi connectivity index (χ2n) is 18.8. The Morgan fingerprint density at radius 2 is 0.838 bits per heavy atom. The number of carboxylic acids is 1. The second kappa shape index (κ2) is 49.6. The summed E-state index contributed by atoms with van der Waals surface area (Å²) >= 11 is 0. The molecule has 0 aromatic heterocycles. The molecule has 0 N–H and O–H groups in total. The van der Waals surface area contributed by atoms with E-state index in [1.807, 2.05) is 21.1 Å². The van der Waals surface area contributed by atoms with Gasteiger partial charge in [-0.15, -0.1) is 0 Å². The van der Waals surface area contributed by atoms with Gasteiger partial charge in [0.1, 0.15) is 13.2 Å². The Hall–Kier alpha value is -3.79. The summed E-state index contributed by atoms with van der Waals surface area (Å²) in [6, 6.07) is 0. The molecule has 0 spiro atoms. The molecule has 0 aliphatic rings. The van der Waals surface area contributed by atoms with Crippen molar-refractivity contribution in [3.05, 3.63) is 97.2 Å². The number of aliphatic carboxylic acids is 1. The molecule has 0 saturated heterocycles. The van der Waals surface area contributed by atoms with Gasteiger partial charge < -0.3 is 33.3 Å². The van der Waals surface area contributed by atoms with Crippen LogP contribution in [0.1, 0.15) is 200 Å². The topological polar surface area (TPSA) is 111 Å². The van der Waals surface area contributed by atoms with Gasteiger partial charge in [0.2, 0.25) is 0 Å². The van der Waals surface area contributed by atoms with Crippen LogP contribution in [0.3, 0.4) is 0 Å². The van der Waals surface area contributed by atoms with Crippen molar-refractivity contribution in [3.8, 4) is 0 Å². The molecule has 0 aromatic rings. The molecule has 0 amide bonds. The number of quaternary nitrogens is 1. The zero-order chi connectivity index (χ0) is 49.9. The van der Waals surface area contributed by atoms with E-state index in [4.69, 9.17) is 18.9 Å². The minimum absolute atomic E-state index is 0.141. The lowest BCUT2D eigenvalue weighted by Gasteiger charge is -2.26. The van der Waals surface area contributed by atoms with Crippen molar-refractivity contribution in [3.63, 3.8) is 0 Å². The van der Waals surface area contributed by atoms with Crippen LogP contribution in [0.4, 0.5) is 0 Å². The maximum Gasteiger partial charge on any atom is 0.306 e. The van der Waals surface area contributed by atoms with Crippen molar-refractivity contribution in [2.45, 2.75) is 212 Å². The third-order valence-electron chi connectivity index (χ3n) is 11.1. The van der Waals surface area contributed by atoms with Crippen LogP contribution in [-0.2, 0) is 33.3 Å². The van der Waals surface area contributed by atoms with Crippen LogP contribution >= 0.6 is 0 Å². The summed E-state index contributed by atoms with van der Waals surface area (Å²) in [5.74, 6) is -2.31. The van der Waals surface area contributed by atoms with Crippen LogP contribution in [0.5, 0.6) is 0 Å². The van der Waals surface area contributed by atoms with Crippen molar-refractivity contribution in [1.82, 2.24) is 0 Å². The van der Waals surface area contributed by atoms with Gasteiger partial charge in [-0.3, -0.25) is 9.59 Å². The van der Waals surface area contributed by atoms with Crippen LogP contribution in [-0.4, -0.2) is 82.3 Å². The van der Waals surface area contributed by atoms with Gasteiger partial charge in [0.15, 0.2) is 12.4 Å². The summed E-state index contributed by atoms with van der Waals surface area (Å²) in [5.41, 5.74) is 0. The van der Waals surface area contributed by atoms with Gasteiger partial charge in [-0.1, -0.05) is 188 Å². The van der Waals surface area contributed by atoms with Gasteiger partial charge >= 0.3 is 11.9 Å². The van der Waals surface area contributed by atoms with Crippen molar-refractivity contribution in [1.29, 1.82) is 0 Å². The predicted molar refractivity (Wildman–Crippen MR) is 283 cm³/mol. The quantitative estimate of drug-likeness (QED) is 0.0195. The number of hydrogen-bond acceptors (Lipinski definition) is 8. The number of rotatable bonds is 48. The first kappa shape index (κ1) is 64.2. The van der Waals surface area contributed by atoms with Gasteiger partial charge in [-0.2, -0.15) is 0 Å². The van der Waals surface area contributed by atoms with E-state index in [1.165, 1.54) is 57.8 Å². The third kappa shape index (κ3) is 50.1. The van der Waals surface area contributed by atoms with Gasteiger partial charge in [-0.05, 0) is 96.3 Å².